The summed E-state index contributed by atoms with van der Waals surface area (Å²) in [6, 6.07) is 0.928. The lowest BCUT2D eigenvalue weighted by molar-refractivity contribution is -0.508. The zero-order chi connectivity index (χ0) is 22.5. The summed E-state index contributed by atoms with van der Waals surface area (Å²) in [7, 11) is 1.33. The second kappa shape index (κ2) is 9.53. The Hall–Kier alpha value is -3.52. The van der Waals surface area contributed by atoms with Crippen molar-refractivity contribution in [3.8, 4) is 11.8 Å². The molecule has 0 saturated heterocycles. The average molecular weight is 431 g/mol. The van der Waals surface area contributed by atoms with Gasteiger partial charge in [-0.3, -0.25) is 19.7 Å². The van der Waals surface area contributed by atoms with Crippen LogP contribution in [-0.2, 0) is 9.53 Å². The summed E-state index contributed by atoms with van der Waals surface area (Å²) in [5.74, 6) is -0.707. The van der Waals surface area contributed by atoms with Crippen LogP contribution in [-0.4, -0.2) is 42.6 Å². The number of hydrogen-bond donors (Lipinski definition) is 1. The van der Waals surface area contributed by atoms with Crippen molar-refractivity contribution in [2.45, 2.75) is 31.3 Å². The fourth-order valence-corrected chi connectivity index (χ4v) is 3.36. The number of anilines is 1. The lowest BCUT2D eigenvalue weighted by Gasteiger charge is -2.19. The minimum atomic E-state index is -1.96. The minimum Gasteiger partial charge on any atom is -0.492 e. The van der Waals surface area contributed by atoms with Gasteiger partial charge in [0.25, 0.3) is 6.29 Å². The molecule has 11 heteroatoms. The van der Waals surface area contributed by atoms with E-state index in [0.717, 1.165) is 18.9 Å². The Balaban J connectivity index is 2.10. The molecule has 1 radical (unpaired) electrons. The van der Waals surface area contributed by atoms with Gasteiger partial charge in [-0.05, 0) is 18.9 Å². The second-order valence-corrected chi connectivity index (χ2v) is 6.97. The van der Waals surface area contributed by atoms with Crippen LogP contribution in [0, 0.1) is 27.3 Å². The SMILES string of the molecule is COc1c(NCCOCCC#N)c(F)cc2c(=O)c(C([C]=O)[N+](=O)[O-])cn(C3CC3)c12. The van der Waals surface area contributed by atoms with Gasteiger partial charge >= 0.3 is 6.04 Å². The van der Waals surface area contributed by atoms with E-state index in [1.807, 2.05) is 6.07 Å². The van der Waals surface area contributed by atoms with Crippen LogP contribution in [0.1, 0.15) is 36.9 Å². The highest BCUT2D eigenvalue weighted by atomic mass is 19.1. The first kappa shape index (κ1) is 22.2. The van der Waals surface area contributed by atoms with Gasteiger partial charge in [0.05, 0.1) is 49.3 Å². The van der Waals surface area contributed by atoms with Gasteiger partial charge in [-0.15, -0.1) is 0 Å². The first-order chi connectivity index (χ1) is 14.9. The molecule has 1 saturated carbocycles. The topological polar surface area (TPSA) is 136 Å². The molecular weight excluding hydrogens is 411 g/mol. The van der Waals surface area contributed by atoms with E-state index in [1.54, 1.807) is 4.57 Å². The van der Waals surface area contributed by atoms with Gasteiger partial charge in [0.15, 0.2) is 17.0 Å². The van der Waals surface area contributed by atoms with E-state index in [0.29, 0.717) is 5.52 Å². The number of nitrogens with zero attached hydrogens (tertiary/aromatic N) is 3. The number of carbonyl (C=O) groups excluding carboxylic acids is 1. The van der Waals surface area contributed by atoms with Gasteiger partial charge in [-0.2, -0.15) is 5.26 Å². The molecule has 1 fully saturated rings. The fourth-order valence-electron chi connectivity index (χ4n) is 3.36. The molecule has 0 spiro atoms. The molecule has 1 aromatic heterocycles. The summed E-state index contributed by atoms with van der Waals surface area (Å²) >= 11 is 0. The number of nitrogens with one attached hydrogen (secondary N) is 1. The Kier molecular flexibility index (Phi) is 6.81. The van der Waals surface area contributed by atoms with Crippen LogP contribution in [0.5, 0.6) is 5.75 Å². The molecule has 0 amide bonds. The predicted octanol–water partition coefficient (Wildman–Crippen LogP) is 2.25. The summed E-state index contributed by atoms with van der Waals surface area (Å²) in [4.78, 5) is 34.4. The van der Waals surface area contributed by atoms with Crippen LogP contribution in [0.15, 0.2) is 17.1 Å². The molecule has 10 nitrogen and oxygen atoms in total. The maximum Gasteiger partial charge on any atom is 0.308 e. The monoisotopic (exact) mass is 431 g/mol. The molecule has 163 valence electrons. The maximum absolute atomic E-state index is 14.9. The fraction of sp³-hybridized carbons (Fsp3) is 0.450. The van der Waals surface area contributed by atoms with Crippen LogP contribution < -0.4 is 15.5 Å². The Morgan fingerprint density at radius 3 is 2.77 bits per heavy atom. The van der Waals surface area contributed by atoms with E-state index in [-0.39, 0.29) is 54.6 Å². The van der Waals surface area contributed by atoms with Crippen molar-refractivity contribution in [3.63, 3.8) is 0 Å². The van der Waals surface area contributed by atoms with Crippen molar-refractivity contribution in [3.05, 3.63) is 44.0 Å². The zero-order valence-corrected chi connectivity index (χ0v) is 16.7. The van der Waals surface area contributed by atoms with Crippen molar-refractivity contribution in [2.75, 3.05) is 32.2 Å². The highest BCUT2D eigenvalue weighted by molar-refractivity contribution is 5.92. The predicted molar refractivity (Wildman–Crippen MR) is 108 cm³/mol. The van der Waals surface area contributed by atoms with Crippen molar-refractivity contribution in [1.29, 1.82) is 5.26 Å². The standard InChI is InChI=1S/C20H20FN4O6/c1-30-20-17(23-6-8-31-7-2-5-22)15(21)9-13-18(20)24(12-3-4-12)10-14(19(13)27)16(11-26)25(28)29/h9-10,12,16,23H,2-4,6-8H2,1H3. The maximum atomic E-state index is 14.9. The number of pyridine rings is 1. The molecule has 1 N–H and O–H groups in total. The molecule has 1 aromatic carbocycles. The number of benzene rings is 1. The van der Waals surface area contributed by atoms with Crippen LogP contribution in [0.3, 0.4) is 0 Å². The third-order valence-electron chi connectivity index (χ3n) is 4.92. The quantitative estimate of drug-likeness (QED) is 0.325. The third-order valence-corrected chi connectivity index (χ3v) is 4.92. The lowest BCUT2D eigenvalue weighted by Crippen LogP contribution is -2.24. The van der Waals surface area contributed by atoms with Crippen LogP contribution in [0.2, 0.25) is 0 Å². The number of nitriles is 1. The summed E-state index contributed by atoms with van der Waals surface area (Å²) in [5.41, 5.74) is -0.873. The summed E-state index contributed by atoms with van der Waals surface area (Å²) in [5, 5.41) is 22.5. The van der Waals surface area contributed by atoms with Gasteiger partial charge in [0.1, 0.15) is 5.69 Å². The first-order valence-corrected chi connectivity index (χ1v) is 9.59. The molecule has 2 aromatic rings. The van der Waals surface area contributed by atoms with Crippen molar-refractivity contribution in [2.24, 2.45) is 0 Å². The molecule has 1 unspecified atom stereocenters. The van der Waals surface area contributed by atoms with E-state index < -0.39 is 22.2 Å². The van der Waals surface area contributed by atoms with Gasteiger partial charge in [-0.25, -0.2) is 4.39 Å². The van der Waals surface area contributed by atoms with E-state index in [2.05, 4.69) is 5.32 Å². The third kappa shape index (κ3) is 4.49. The number of methoxy groups -OCH3 is 1. The normalized spacial score (nSPS) is 14.1. The molecular formula is C20H20FN4O6. The van der Waals surface area contributed by atoms with Crippen LogP contribution in [0.25, 0.3) is 10.9 Å². The number of fused-ring (bicyclic) bond motifs is 1. The Morgan fingerprint density at radius 2 is 2.19 bits per heavy atom. The van der Waals surface area contributed by atoms with Crippen LogP contribution >= 0.6 is 0 Å². The number of hydrogen-bond acceptors (Lipinski definition) is 8. The Morgan fingerprint density at radius 1 is 1.45 bits per heavy atom. The molecule has 3 rings (SSSR count). The Bertz CT molecular complexity index is 1110. The number of aromatic nitrogens is 1. The lowest BCUT2D eigenvalue weighted by atomic mass is 10.0. The van der Waals surface area contributed by atoms with E-state index in [9.17, 15) is 24.1 Å². The molecule has 1 aliphatic carbocycles. The van der Waals surface area contributed by atoms with Gasteiger partial charge in [0.2, 0.25) is 0 Å². The molecule has 1 heterocycles. The second-order valence-electron chi connectivity index (χ2n) is 6.97. The smallest absolute Gasteiger partial charge is 0.308 e. The molecule has 1 atom stereocenters. The molecule has 0 bridgehead atoms. The summed E-state index contributed by atoms with van der Waals surface area (Å²) in [6.45, 7) is 0.695. The largest absolute Gasteiger partial charge is 0.492 e. The van der Waals surface area contributed by atoms with Gasteiger partial charge < -0.3 is 19.4 Å². The van der Waals surface area contributed by atoms with E-state index in [4.69, 9.17) is 14.7 Å². The molecule has 1 aliphatic rings. The summed E-state index contributed by atoms with van der Waals surface area (Å²) in [6.07, 6.45) is 4.33. The van der Waals surface area contributed by atoms with Gasteiger partial charge in [0, 0.05) is 23.7 Å². The minimum absolute atomic E-state index is 0.0215. The molecule has 31 heavy (non-hydrogen) atoms. The van der Waals surface area contributed by atoms with E-state index >= 15 is 0 Å². The van der Waals surface area contributed by atoms with Crippen LogP contribution in [0.4, 0.5) is 10.1 Å². The number of halogens is 1. The number of ether oxygens (including phenoxy) is 2. The van der Waals surface area contributed by atoms with Gasteiger partial charge in [-0.1, -0.05) is 0 Å². The zero-order valence-electron chi connectivity index (χ0n) is 16.7. The molecule has 0 aliphatic heterocycles. The highest BCUT2D eigenvalue weighted by Crippen LogP contribution is 2.42. The van der Waals surface area contributed by atoms with Crippen molar-refractivity contribution in [1.82, 2.24) is 4.57 Å². The first-order valence-electron chi connectivity index (χ1n) is 9.59. The summed E-state index contributed by atoms with van der Waals surface area (Å²) < 4.78 is 27.2. The van der Waals surface area contributed by atoms with Crippen molar-refractivity contribution >= 4 is 22.9 Å². The van der Waals surface area contributed by atoms with Crippen molar-refractivity contribution < 1.29 is 23.6 Å². The average Bonchev–Trinajstić information content (AvgIpc) is 3.58. The number of rotatable bonds is 11. The number of nitro groups is 1. The Labute approximate surface area is 176 Å². The van der Waals surface area contributed by atoms with E-state index in [1.165, 1.54) is 19.6 Å². The highest BCUT2D eigenvalue weighted by Gasteiger charge is 2.33.